The van der Waals surface area contributed by atoms with Crippen molar-refractivity contribution in [2.24, 2.45) is 0 Å². The van der Waals surface area contributed by atoms with Crippen molar-refractivity contribution in [2.45, 2.75) is 151 Å². The Morgan fingerprint density at radius 2 is 0.480 bits per heavy atom. The monoisotopic (exact) mass is 361 g/mol. The van der Waals surface area contributed by atoms with E-state index >= 15 is 0 Å². The van der Waals surface area contributed by atoms with Gasteiger partial charge in [-0.1, -0.05) is 135 Å². The van der Waals surface area contributed by atoms with Crippen molar-refractivity contribution in [3.8, 4) is 0 Å². The zero-order valence-electron chi connectivity index (χ0n) is 17.1. The smallest absolute Gasteiger partial charge is 0.0533 e. The van der Waals surface area contributed by atoms with E-state index in [-0.39, 0.29) is 8.80 Å². The van der Waals surface area contributed by atoms with E-state index in [1.54, 1.807) is 116 Å². The van der Waals surface area contributed by atoms with Crippen LogP contribution in [-0.4, -0.2) is 8.80 Å². The van der Waals surface area contributed by atoms with E-state index in [9.17, 15) is 0 Å². The maximum atomic E-state index is 1.63. The van der Waals surface area contributed by atoms with Crippen LogP contribution < -0.4 is 0 Å². The van der Waals surface area contributed by atoms with E-state index in [1.807, 2.05) is 0 Å². The van der Waals surface area contributed by atoms with Gasteiger partial charge in [0.2, 0.25) is 0 Å². The van der Waals surface area contributed by atoms with Gasteiger partial charge in [0.25, 0.3) is 0 Å². The molecule has 0 aromatic rings. The van der Waals surface area contributed by atoms with Crippen LogP contribution >= 0.6 is 0 Å². The molecule has 0 aliphatic heterocycles. The van der Waals surface area contributed by atoms with E-state index in [4.69, 9.17) is 0 Å². The summed E-state index contributed by atoms with van der Waals surface area (Å²) < 4.78 is 0. The van der Waals surface area contributed by atoms with Gasteiger partial charge in [0, 0.05) is 0 Å². The van der Waals surface area contributed by atoms with Crippen molar-refractivity contribution in [1.82, 2.24) is 0 Å². The van der Waals surface area contributed by atoms with Gasteiger partial charge in [-0.2, -0.15) is 0 Å². The highest BCUT2D eigenvalue weighted by molar-refractivity contribution is 6.63. The van der Waals surface area contributed by atoms with Gasteiger partial charge in [-0.15, -0.1) is 0 Å². The van der Waals surface area contributed by atoms with Gasteiger partial charge >= 0.3 is 0 Å². The largest absolute Gasteiger partial charge is 0.0578 e. The van der Waals surface area contributed by atoms with Crippen molar-refractivity contribution in [3.05, 3.63) is 0 Å². The molecule has 0 nitrogen and oxygen atoms in total. The molecule has 3 fully saturated rings. The lowest BCUT2D eigenvalue weighted by molar-refractivity contribution is 0.443. The lowest BCUT2D eigenvalue weighted by Gasteiger charge is -2.40. The molecule has 0 spiro atoms. The molecular formula is C24H45Si. The molecule has 3 rings (SSSR count). The Kier molecular flexibility index (Phi) is 9.45. The van der Waals surface area contributed by atoms with E-state index in [1.165, 1.54) is 35.9 Å². The van der Waals surface area contributed by atoms with Crippen molar-refractivity contribution < 1.29 is 0 Å². The van der Waals surface area contributed by atoms with Crippen molar-refractivity contribution in [1.29, 1.82) is 0 Å². The van der Waals surface area contributed by atoms with Crippen LogP contribution in [0, 0.1) is 0 Å². The van der Waals surface area contributed by atoms with Crippen LogP contribution in [0.25, 0.3) is 0 Å². The molecule has 0 bridgehead atoms. The van der Waals surface area contributed by atoms with Crippen LogP contribution in [0.3, 0.4) is 0 Å². The third kappa shape index (κ3) is 6.71. The van der Waals surface area contributed by atoms with Crippen molar-refractivity contribution >= 4 is 8.80 Å². The molecular weight excluding hydrogens is 316 g/mol. The standard InChI is InChI=1S/C24H45Si/c1-4-10-16-22(17-11-5-1)25(23-18-12-6-2-7-13-19-23)24-20-14-8-3-9-15-21-24/h22-24H,1-21H2. The zero-order valence-corrected chi connectivity index (χ0v) is 18.1. The molecule has 0 saturated heterocycles. The summed E-state index contributed by atoms with van der Waals surface area (Å²) in [6, 6.07) is 0. The lowest BCUT2D eigenvalue weighted by Crippen LogP contribution is -2.34. The van der Waals surface area contributed by atoms with Crippen LogP contribution in [0.5, 0.6) is 0 Å². The van der Waals surface area contributed by atoms with Gasteiger partial charge in [0.1, 0.15) is 0 Å². The summed E-state index contributed by atoms with van der Waals surface area (Å²) >= 11 is 0. The molecule has 0 unspecified atom stereocenters. The Morgan fingerprint density at radius 1 is 0.280 bits per heavy atom. The molecule has 1 radical (unpaired) electrons. The minimum absolute atomic E-state index is 0.163. The average Bonchev–Trinajstić information content (AvgIpc) is 2.51. The molecule has 25 heavy (non-hydrogen) atoms. The molecule has 3 saturated carbocycles. The Labute approximate surface area is 160 Å². The molecule has 0 N–H and O–H groups in total. The van der Waals surface area contributed by atoms with Gasteiger partial charge in [0.15, 0.2) is 0 Å². The fraction of sp³-hybridized carbons (Fsp3) is 1.00. The average molecular weight is 362 g/mol. The predicted octanol–water partition coefficient (Wildman–Crippen LogP) is 8.82. The summed E-state index contributed by atoms with van der Waals surface area (Å²) in [5, 5.41) is 0. The normalized spacial score (nSPS) is 27.7. The molecule has 1 heteroatoms. The van der Waals surface area contributed by atoms with E-state index in [0.717, 1.165) is 0 Å². The van der Waals surface area contributed by atoms with Crippen LogP contribution in [0.4, 0.5) is 0 Å². The first-order valence-corrected chi connectivity index (χ1v) is 14.0. The highest BCUT2D eigenvalue weighted by Gasteiger charge is 2.36. The molecule has 0 aromatic heterocycles. The number of hydrogen-bond donors (Lipinski definition) is 0. The quantitative estimate of drug-likeness (QED) is 0.440. The highest BCUT2D eigenvalue weighted by Crippen LogP contribution is 2.47. The first kappa shape index (κ1) is 20.0. The third-order valence-corrected chi connectivity index (χ3v) is 12.3. The van der Waals surface area contributed by atoms with Gasteiger partial charge in [-0.25, -0.2) is 0 Å². The van der Waals surface area contributed by atoms with Crippen LogP contribution in [0.1, 0.15) is 135 Å². The topological polar surface area (TPSA) is 0 Å². The zero-order chi connectivity index (χ0) is 17.2. The SMILES string of the molecule is C1CCCC([Si](C2CCCCCCC2)C2CCCCCCC2)CCC1. The van der Waals surface area contributed by atoms with E-state index in [2.05, 4.69) is 0 Å². The predicted molar refractivity (Wildman–Crippen MR) is 114 cm³/mol. The Morgan fingerprint density at radius 3 is 0.720 bits per heavy atom. The molecule has 0 amide bonds. The Hall–Kier alpha value is 0.217. The first-order chi connectivity index (χ1) is 12.4. The molecule has 3 aliphatic rings. The van der Waals surface area contributed by atoms with Crippen LogP contribution in [0.15, 0.2) is 0 Å². The lowest BCUT2D eigenvalue weighted by atomic mass is 9.99. The van der Waals surface area contributed by atoms with Crippen LogP contribution in [-0.2, 0) is 0 Å². The number of hydrogen-bond acceptors (Lipinski definition) is 0. The second kappa shape index (κ2) is 11.8. The Balaban J connectivity index is 1.72. The molecule has 0 aromatic carbocycles. The summed E-state index contributed by atoms with van der Waals surface area (Å²) in [6.07, 6.45) is 33.0. The van der Waals surface area contributed by atoms with Gasteiger partial charge in [0.05, 0.1) is 8.80 Å². The minimum Gasteiger partial charge on any atom is -0.0533 e. The van der Waals surface area contributed by atoms with Gasteiger partial charge in [-0.05, 0) is 16.6 Å². The summed E-state index contributed by atoms with van der Waals surface area (Å²) in [7, 11) is -0.163. The second-order valence-electron chi connectivity index (χ2n) is 9.63. The molecule has 3 aliphatic carbocycles. The van der Waals surface area contributed by atoms with E-state index < -0.39 is 0 Å². The van der Waals surface area contributed by atoms with Gasteiger partial charge in [-0.3, -0.25) is 0 Å². The fourth-order valence-electron chi connectivity index (χ4n) is 6.37. The second-order valence-corrected chi connectivity index (χ2v) is 13.1. The summed E-state index contributed by atoms with van der Waals surface area (Å²) in [5.41, 5.74) is 3.58. The maximum absolute atomic E-state index is 1.63. The summed E-state index contributed by atoms with van der Waals surface area (Å²) in [5.74, 6) is 0. The van der Waals surface area contributed by atoms with Crippen molar-refractivity contribution in [3.63, 3.8) is 0 Å². The van der Waals surface area contributed by atoms with Crippen LogP contribution in [0.2, 0.25) is 16.6 Å². The molecule has 0 heterocycles. The number of rotatable bonds is 3. The third-order valence-electron chi connectivity index (χ3n) is 7.73. The minimum atomic E-state index is -0.163. The summed E-state index contributed by atoms with van der Waals surface area (Å²) in [6.45, 7) is 0. The van der Waals surface area contributed by atoms with Gasteiger partial charge < -0.3 is 0 Å². The highest BCUT2D eigenvalue weighted by atomic mass is 28.3. The fourth-order valence-corrected chi connectivity index (χ4v) is 11.6. The summed E-state index contributed by atoms with van der Waals surface area (Å²) in [4.78, 5) is 0. The molecule has 145 valence electrons. The Bertz CT molecular complexity index is 263. The maximum Gasteiger partial charge on any atom is 0.0578 e. The van der Waals surface area contributed by atoms with Crippen molar-refractivity contribution in [2.75, 3.05) is 0 Å². The molecule has 0 atom stereocenters. The first-order valence-electron chi connectivity index (χ1n) is 12.3. The van der Waals surface area contributed by atoms with E-state index in [0.29, 0.717) is 0 Å².